The third kappa shape index (κ3) is 3.27. The van der Waals surface area contributed by atoms with Crippen LogP contribution >= 0.6 is 0 Å². The Morgan fingerprint density at radius 1 is 1.86 bits per heavy atom. The van der Waals surface area contributed by atoms with Crippen LogP contribution in [0, 0.1) is 0 Å². The monoisotopic (exact) mass is 98.1 g/mol. The maximum Gasteiger partial charge on any atom is 0.0707 e. The van der Waals surface area contributed by atoms with Gasteiger partial charge >= 0.3 is 0 Å². The summed E-state index contributed by atoms with van der Waals surface area (Å²) in [5.74, 6) is 0. The zero-order chi connectivity index (χ0) is 5.70. The minimum Gasteiger partial charge on any atom is -0.380 e. The third-order valence-corrected chi connectivity index (χ3v) is 0.618. The number of ether oxygens (including phenoxy) is 1. The summed E-state index contributed by atoms with van der Waals surface area (Å²) in [6, 6.07) is 0. The van der Waals surface area contributed by atoms with Crippen LogP contribution in [0.4, 0.5) is 0 Å². The Balaban J connectivity index is 3.17. The minimum absolute atomic E-state index is 0.587. The molecule has 0 spiro atoms. The van der Waals surface area contributed by atoms with Crippen LogP contribution in [-0.2, 0) is 4.74 Å². The van der Waals surface area contributed by atoms with Gasteiger partial charge in [-0.2, -0.15) is 0 Å². The third-order valence-electron chi connectivity index (χ3n) is 0.618. The van der Waals surface area contributed by atoms with Crippen molar-refractivity contribution >= 4 is 0 Å². The molecule has 0 radical (unpaired) electrons. The van der Waals surface area contributed by atoms with E-state index in [1.54, 1.807) is 13.2 Å². The van der Waals surface area contributed by atoms with Crippen LogP contribution < -0.4 is 0 Å². The van der Waals surface area contributed by atoms with Crippen molar-refractivity contribution in [2.75, 3.05) is 13.7 Å². The molecular weight excluding hydrogens is 88.1 g/mol. The SMILES string of the molecule is C=CC(=C)COC. The second-order valence-corrected chi connectivity index (χ2v) is 1.30. The highest BCUT2D eigenvalue weighted by atomic mass is 16.5. The van der Waals surface area contributed by atoms with Crippen molar-refractivity contribution in [3.8, 4) is 0 Å². The average molecular weight is 98.1 g/mol. The van der Waals surface area contributed by atoms with Crippen LogP contribution in [-0.4, -0.2) is 13.7 Å². The molecule has 0 amide bonds. The van der Waals surface area contributed by atoms with Crippen LogP contribution in [0.3, 0.4) is 0 Å². The molecule has 40 valence electrons. The molecule has 0 aromatic carbocycles. The standard InChI is InChI=1S/C6H10O/c1-4-6(2)5-7-3/h4H,1-2,5H2,3H3. The Bertz CT molecular complexity index is 74.2. The first-order valence-electron chi connectivity index (χ1n) is 2.10. The normalized spacial score (nSPS) is 8.14. The number of hydrogen-bond acceptors (Lipinski definition) is 1. The van der Waals surface area contributed by atoms with Crippen molar-refractivity contribution in [2.24, 2.45) is 0 Å². The van der Waals surface area contributed by atoms with Gasteiger partial charge in [0.05, 0.1) is 6.61 Å². The molecule has 0 heterocycles. The van der Waals surface area contributed by atoms with Crippen molar-refractivity contribution in [3.63, 3.8) is 0 Å². The van der Waals surface area contributed by atoms with Crippen LogP contribution in [0.15, 0.2) is 24.8 Å². The topological polar surface area (TPSA) is 9.23 Å². The first-order chi connectivity index (χ1) is 3.31. The molecule has 0 bridgehead atoms. The average Bonchev–Trinajstić information content (AvgIpc) is 1.68. The molecule has 0 aliphatic carbocycles. The van der Waals surface area contributed by atoms with E-state index in [2.05, 4.69) is 13.2 Å². The number of rotatable bonds is 3. The summed E-state index contributed by atoms with van der Waals surface area (Å²) in [6.07, 6.45) is 1.68. The minimum atomic E-state index is 0.587. The summed E-state index contributed by atoms with van der Waals surface area (Å²) >= 11 is 0. The Kier molecular flexibility index (Phi) is 3.33. The van der Waals surface area contributed by atoms with Crippen molar-refractivity contribution in [3.05, 3.63) is 24.8 Å². The molecule has 0 saturated heterocycles. The molecule has 0 atom stereocenters. The number of methoxy groups -OCH3 is 1. The first-order valence-corrected chi connectivity index (χ1v) is 2.10. The number of hydrogen-bond donors (Lipinski definition) is 0. The molecule has 0 aliphatic rings. The summed E-state index contributed by atoms with van der Waals surface area (Å²) < 4.78 is 4.72. The summed E-state index contributed by atoms with van der Waals surface area (Å²) in [4.78, 5) is 0. The zero-order valence-electron chi connectivity index (χ0n) is 4.61. The summed E-state index contributed by atoms with van der Waals surface area (Å²) in [5.41, 5.74) is 0.919. The Labute approximate surface area is 44.3 Å². The van der Waals surface area contributed by atoms with E-state index in [0.29, 0.717) is 6.61 Å². The quantitative estimate of drug-likeness (QED) is 0.484. The molecule has 1 nitrogen and oxygen atoms in total. The highest BCUT2D eigenvalue weighted by molar-refractivity contribution is 5.10. The Morgan fingerprint density at radius 3 is 2.57 bits per heavy atom. The van der Waals surface area contributed by atoms with Gasteiger partial charge in [0, 0.05) is 7.11 Å². The van der Waals surface area contributed by atoms with E-state index < -0.39 is 0 Å². The Hall–Kier alpha value is -0.560. The molecule has 0 aromatic rings. The van der Waals surface area contributed by atoms with Gasteiger partial charge in [0.1, 0.15) is 0 Å². The second kappa shape index (κ2) is 3.62. The lowest BCUT2D eigenvalue weighted by Crippen LogP contribution is -1.87. The summed E-state index contributed by atoms with van der Waals surface area (Å²) in [6.45, 7) is 7.71. The fourth-order valence-electron chi connectivity index (χ4n) is 0.244. The highest BCUT2D eigenvalue weighted by Gasteiger charge is 1.79. The molecule has 1 heteroatoms. The van der Waals surface area contributed by atoms with Crippen molar-refractivity contribution in [1.82, 2.24) is 0 Å². The summed E-state index contributed by atoms with van der Waals surface area (Å²) in [5, 5.41) is 0. The van der Waals surface area contributed by atoms with E-state index in [1.165, 1.54) is 0 Å². The predicted molar refractivity (Wildman–Crippen MR) is 31.2 cm³/mol. The van der Waals surface area contributed by atoms with Gasteiger partial charge in [-0.15, -0.1) is 0 Å². The van der Waals surface area contributed by atoms with Gasteiger partial charge in [-0.25, -0.2) is 0 Å². The van der Waals surface area contributed by atoms with Crippen LogP contribution in [0.25, 0.3) is 0 Å². The van der Waals surface area contributed by atoms with E-state index in [-0.39, 0.29) is 0 Å². The molecule has 0 N–H and O–H groups in total. The lowest BCUT2D eigenvalue weighted by Gasteiger charge is -1.92. The van der Waals surface area contributed by atoms with Gasteiger partial charge in [-0.05, 0) is 5.57 Å². The van der Waals surface area contributed by atoms with Gasteiger partial charge in [0.25, 0.3) is 0 Å². The second-order valence-electron chi connectivity index (χ2n) is 1.30. The molecule has 0 aliphatic heterocycles. The van der Waals surface area contributed by atoms with Gasteiger partial charge < -0.3 is 4.74 Å². The van der Waals surface area contributed by atoms with Crippen LogP contribution in [0.5, 0.6) is 0 Å². The van der Waals surface area contributed by atoms with Crippen LogP contribution in [0.2, 0.25) is 0 Å². The van der Waals surface area contributed by atoms with E-state index in [9.17, 15) is 0 Å². The molecule has 0 aromatic heterocycles. The zero-order valence-corrected chi connectivity index (χ0v) is 4.61. The lowest BCUT2D eigenvalue weighted by atomic mass is 10.3. The van der Waals surface area contributed by atoms with Crippen molar-refractivity contribution in [2.45, 2.75) is 0 Å². The van der Waals surface area contributed by atoms with E-state index in [1.807, 2.05) is 0 Å². The molecule has 0 saturated carbocycles. The fourth-order valence-corrected chi connectivity index (χ4v) is 0.244. The smallest absolute Gasteiger partial charge is 0.0707 e. The Morgan fingerprint density at radius 2 is 2.43 bits per heavy atom. The first kappa shape index (κ1) is 6.44. The lowest BCUT2D eigenvalue weighted by molar-refractivity contribution is 0.228. The summed E-state index contributed by atoms with van der Waals surface area (Å²) in [7, 11) is 1.63. The fraction of sp³-hybridized carbons (Fsp3) is 0.333. The van der Waals surface area contributed by atoms with E-state index >= 15 is 0 Å². The van der Waals surface area contributed by atoms with Crippen molar-refractivity contribution in [1.29, 1.82) is 0 Å². The largest absolute Gasteiger partial charge is 0.380 e. The van der Waals surface area contributed by atoms with E-state index in [4.69, 9.17) is 4.74 Å². The maximum atomic E-state index is 4.72. The van der Waals surface area contributed by atoms with Gasteiger partial charge in [-0.3, -0.25) is 0 Å². The van der Waals surface area contributed by atoms with Gasteiger partial charge in [0.2, 0.25) is 0 Å². The molecular formula is C6H10O. The highest BCUT2D eigenvalue weighted by Crippen LogP contribution is 1.87. The van der Waals surface area contributed by atoms with Crippen molar-refractivity contribution < 1.29 is 4.74 Å². The maximum absolute atomic E-state index is 4.72. The van der Waals surface area contributed by atoms with E-state index in [0.717, 1.165) is 5.57 Å². The molecule has 0 rings (SSSR count). The van der Waals surface area contributed by atoms with Gasteiger partial charge in [0.15, 0.2) is 0 Å². The van der Waals surface area contributed by atoms with Gasteiger partial charge in [-0.1, -0.05) is 19.2 Å². The molecule has 0 fully saturated rings. The molecule has 0 unspecified atom stereocenters. The molecule has 7 heavy (non-hydrogen) atoms. The predicted octanol–water partition coefficient (Wildman–Crippen LogP) is 1.37. The van der Waals surface area contributed by atoms with Crippen LogP contribution in [0.1, 0.15) is 0 Å².